The van der Waals surface area contributed by atoms with Gasteiger partial charge in [0.25, 0.3) is 0 Å². The number of amides is 1. The van der Waals surface area contributed by atoms with Gasteiger partial charge in [-0.25, -0.2) is 8.42 Å². The molecular weight excluding hydrogens is 366 g/mol. The van der Waals surface area contributed by atoms with Crippen LogP contribution in [0.4, 0.5) is 0 Å². The number of methoxy groups -OCH3 is 1. The summed E-state index contributed by atoms with van der Waals surface area (Å²) in [5, 5.41) is 1.89. The number of ether oxygens (including phenoxy) is 1. The molecule has 1 aliphatic heterocycles. The maximum Gasteiger partial charge on any atom is 0.243 e. The number of benzene rings is 2. The minimum atomic E-state index is -3.58. The van der Waals surface area contributed by atoms with Gasteiger partial charge >= 0.3 is 0 Å². The van der Waals surface area contributed by atoms with Gasteiger partial charge in [-0.3, -0.25) is 4.79 Å². The highest BCUT2D eigenvalue weighted by atomic mass is 32.2. The Bertz CT molecular complexity index is 904. The molecule has 0 aromatic heterocycles. The zero-order chi connectivity index (χ0) is 19.4. The van der Waals surface area contributed by atoms with Crippen molar-refractivity contribution < 1.29 is 17.9 Å². The summed E-state index contributed by atoms with van der Waals surface area (Å²) >= 11 is 0. The van der Waals surface area contributed by atoms with Crippen molar-refractivity contribution in [1.82, 2.24) is 9.21 Å². The Hall–Kier alpha value is -2.00. The molecule has 8 heteroatoms. The van der Waals surface area contributed by atoms with E-state index in [0.29, 0.717) is 13.1 Å². The first kappa shape index (κ1) is 19.8. The number of piperazine rings is 1. The van der Waals surface area contributed by atoms with E-state index < -0.39 is 10.0 Å². The SMILES string of the molecule is COC(CN)CC(=O)N1CCN(S(=O)(=O)c2ccc3ccccc3c2)CC1. The number of hydrogen-bond donors (Lipinski definition) is 1. The maximum atomic E-state index is 13.0. The quantitative estimate of drug-likeness (QED) is 0.794. The number of sulfonamides is 1. The van der Waals surface area contributed by atoms with Crippen molar-refractivity contribution in [2.24, 2.45) is 5.73 Å². The molecule has 3 rings (SSSR count). The van der Waals surface area contributed by atoms with Crippen LogP contribution in [0.2, 0.25) is 0 Å². The van der Waals surface area contributed by atoms with E-state index >= 15 is 0 Å². The lowest BCUT2D eigenvalue weighted by molar-refractivity contribution is -0.134. The van der Waals surface area contributed by atoms with E-state index in [-0.39, 0.29) is 43.0 Å². The van der Waals surface area contributed by atoms with Gasteiger partial charge in [-0.15, -0.1) is 0 Å². The van der Waals surface area contributed by atoms with E-state index in [1.165, 1.54) is 11.4 Å². The predicted molar refractivity (Wildman–Crippen MR) is 104 cm³/mol. The fourth-order valence-electron chi connectivity index (χ4n) is 3.24. The second-order valence-corrected chi connectivity index (χ2v) is 8.53. The van der Waals surface area contributed by atoms with Gasteiger partial charge in [-0.2, -0.15) is 4.31 Å². The third-order valence-corrected chi connectivity index (χ3v) is 6.84. The Morgan fingerprint density at radius 1 is 1.11 bits per heavy atom. The first-order valence-corrected chi connectivity index (χ1v) is 10.4. The first-order valence-electron chi connectivity index (χ1n) is 8.95. The topological polar surface area (TPSA) is 92.9 Å². The van der Waals surface area contributed by atoms with Crippen molar-refractivity contribution in [3.05, 3.63) is 42.5 Å². The van der Waals surface area contributed by atoms with Crippen molar-refractivity contribution in [3.63, 3.8) is 0 Å². The summed E-state index contributed by atoms with van der Waals surface area (Å²) in [6.07, 6.45) is -0.0957. The molecule has 1 amide bonds. The molecule has 1 atom stereocenters. The molecular formula is C19H25N3O4S. The minimum Gasteiger partial charge on any atom is -0.380 e. The smallest absolute Gasteiger partial charge is 0.243 e. The number of hydrogen-bond acceptors (Lipinski definition) is 5. The predicted octanol–water partition coefficient (Wildman–Crippen LogP) is 1.04. The van der Waals surface area contributed by atoms with Gasteiger partial charge in [-0.05, 0) is 22.9 Å². The van der Waals surface area contributed by atoms with E-state index in [1.54, 1.807) is 17.0 Å². The average Bonchev–Trinajstić information content (AvgIpc) is 2.71. The third-order valence-electron chi connectivity index (χ3n) is 4.95. The fraction of sp³-hybridized carbons (Fsp3) is 0.421. The van der Waals surface area contributed by atoms with Crippen LogP contribution in [0.15, 0.2) is 47.4 Å². The van der Waals surface area contributed by atoms with Gasteiger partial charge < -0.3 is 15.4 Å². The summed E-state index contributed by atoms with van der Waals surface area (Å²) in [4.78, 5) is 14.3. The molecule has 146 valence electrons. The molecule has 1 aliphatic rings. The number of fused-ring (bicyclic) bond motifs is 1. The molecule has 7 nitrogen and oxygen atoms in total. The van der Waals surface area contributed by atoms with Gasteiger partial charge in [0.2, 0.25) is 15.9 Å². The second kappa shape index (κ2) is 8.35. The van der Waals surface area contributed by atoms with E-state index in [9.17, 15) is 13.2 Å². The van der Waals surface area contributed by atoms with Gasteiger partial charge in [0.05, 0.1) is 17.4 Å². The molecule has 0 bridgehead atoms. The standard InChI is InChI=1S/C19H25N3O4S/c1-26-17(14-20)13-19(23)21-8-10-22(11-9-21)27(24,25)18-7-6-15-4-2-3-5-16(15)12-18/h2-7,12,17H,8-11,13-14,20H2,1H3. The van der Waals surface area contributed by atoms with E-state index in [2.05, 4.69) is 0 Å². The lowest BCUT2D eigenvalue weighted by Crippen LogP contribution is -2.51. The van der Waals surface area contributed by atoms with Crippen molar-refractivity contribution in [1.29, 1.82) is 0 Å². The number of rotatable bonds is 6. The highest BCUT2D eigenvalue weighted by molar-refractivity contribution is 7.89. The van der Waals surface area contributed by atoms with Crippen molar-refractivity contribution in [2.45, 2.75) is 17.4 Å². The van der Waals surface area contributed by atoms with E-state index in [4.69, 9.17) is 10.5 Å². The lowest BCUT2D eigenvalue weighted by atomic mass is 10.1. The van der Waals surface area contributed by atoms with E-state index in [1.807, 2.05) is 30.3 Å². The second-order valence-electron chi connectivity index (χ2n) is 6.59. The summed E-state index contributed by atoms with van der Waals surface area (Å²) in [6, 6.07) is 12.8. The van der Waals surface area contributed by atoms with Gasteiger partial charge in [0, 0.05) is 39.8 Å². The number of carbonyl (C=O) groups excluding carboxylic acids is 1. The third kappa shape index (κ3) is 4.30. The molecule has 1 unspecified atom stereocenters. The monoisotopic (exact) mass is 391 g/mol. The maximum absolute atomic E-state index is 13.0. The molecule has 2 aromatic carbocycles. The molecule has 2 N–H and O–H groups in total. The van der Waals surface area contributed by atoms with Crippen LogP contribution in [0.3, 0.4) is 0 Å². The van der Waals surface area contributed by atoms with Crippen LogP contribution in [0.25, 0.3) is 10.8 Å². The van der Waals surface area contributed by atoms with Crippen LogP contribution < -0.4 is 5.73 Å². The average molecular weight is 391 g/mol. The van der Waals surface area contributed by atoms with Crippen LogP contribution in [0.1, 0.15) is 6.42 Å². The van der Waals surface area contributed by atoms with E-state index in [0.717, 1.165) is 10.8 Å². The summed E-state index contributed by atoms with van der Waals surface area (Å²) in [5.41, 5.74) is 5.56. The van der Waals surface area contributed by atoms with Gasteiger partial charge in [0.1, 0.15) is 0 Å². The summed E-state index contributed by atoms with van der Waals surface area (Å²) in [7, 11) is -2.06. The lowest BCUT2D eigenvalue weighted by Gasteiger charge is -2.34. The Morgan fingerprint density at radius 2 is 1.78 bits per heavy atom. The van der Waals surface area contributed by atoms with Gasteiger partial charge in [-0.1, -0.05) is 30.3 Å². The molecule has 0 aliphatic carbocycles. The largest absolute Gasteiger partial charge is 0.380 e. The molecule has 27 heavy (non-hydrogen) atoms. The Morgan fingerprint density at radius 3 is 2.41 bits per heavy atom. The molecule has 1 fully saturated rings. The van der Waals surface area contributed by atoms with Crippen molar-refractivity contribution in [3.8, 4) is 0 Å². The Labute approximate surface area is 159 Å². The molecule has 2 aromatic rings. The summed E-state index contributed by atoms with van der Waals surface area (Å²) in [6.45, 7) is 1.57. The minimum absolute atomic E-state index is 0.0601. The van der Waals surface area contributed by atoms with Crippen LogP contribution in [0, 0.1) is 0 Å². The molecule has 0 radical (unpaired) electrons. The zero-order valence-corrected chi connectivity index (χ0v) is 16.2. The highest BCUT2D eigenvalue weighted by Gasteiger charge is 2.30. The van der Waals surface area contributed by atoms with Crippen LogP contribution >= 0.6 is 0 Å². The summed E-state index contributed by atoms with van der Waals surface area (Å²) < 4.78 is 32.5. The Kier molecular flexibility index (Phi) is 6.11. The highest BCUT2D eigenvalue weighted by Crippen LogP contribution is 2.23. The van der Waals surface area contributed by atoms with Crippen molar-refractivity contribution >= 4 is 26.7 Å². The van der Waals surface area contributed by atoms with Crippen molar-refractivity contribution in [2.75, 3.05) is 39.8 Å². The number of carbonyl (C=O) groups is 1. The first-order chi connectivity index (χ1) is 13.0. The molecule has 0 spiro atoms. The zero-order valence-electron chi connectivity index (χ0n) is 15.4. The summed E-state index contributed by atoms with van der Waals surface area (Å²) in [5.74, 6) is -0.0601. The fourth-order valence-corrected chi connectivity index (χ4v) is 4.70. The normalized spacial score (nSPS) is 17.2. The molecule has 0 saturated carbocycles. The Balaban J connectivity index is 1.68. The van der Waals surface area contributed by atoms with Gasteiger partial charge in [0.15, 0.2) is 0 Å². The van der Waals surface area contributed by atoms with Crippen LogP contribution in [-0.4, -0.2) is 69.5 Å². The molecule has 1 saturated heterocycles. The number of nitrogens with two attached hydrogens (primary N) is 1. The number of nitrogens with zero attached hydrogens (tertiary/aromatic N) is 2. The molecule has 1 heterocycles. The van der Waals surface area contributed by atoms with Crippen LogP contribution in [-0.2, 0) is 19.6 Å². The van der Waals surface area contributed by atoms with Crippen LogP contribution in [0.5, 0.6) is 0 Å².